The van der Waals surface area contributed by atoms with Crippen LogP contribution in [0.5, 0.6) is 5.06 Å². The smallest absolute Gasteiger partial charge is 0.172 e. The summed E-state index contributed by atoms with van der Waals surface area (Å²) in [4.78, 5) is 0. The second-order valence-corrected chi connectivity index (χ2v) is 8.99. The fourth-order valence-corrected chi connectivity index (χ4v) is 6.94. The Bertz CT molecular complexity index is 1190. The highest BCUT2D eigenvalue weighted by Gasteiger charge is 2.07. The van der Waals surface area contributed by atoms with Crippen molar-refractivity contribution in [3.05, 3.63) is 74.0 Å². The molecule has 0 amide bonds. The molecule has 108 valence electrons. The summed E-state index contributed by atoms with van der Waals surface area (Å²) in [7, 11) is 0. The van der Waals surface area contributed by atoms with E-state index in [0.29, 0.717) is 5.06 Å². The lowest BCUT2D eigenvalue weighted by atomic mass is 10.2. The Morgan fingerprint density at radius 3 is 2.00 bits per heavy atom. The van der Waals surface area contributed by atoms with E-state index in [0.717, 1.165) is 14.8 Å². The molecule has 6 heteroatoms. The largest absolute Gasteiger partial charge is 0.499 e. The predicted octanol–water partition coefficient (Wildman–Crippen LogP) is 4.68. The fraction of sp³-hybridized carbons (Fsp3) is 0. The molecule has 0 saturated heterocycles. The second-order valence-electron chi connectivity index (χ2n) is 5.05. The Labute approximate surface area is 140 Å². The Hall–Kier alpha value is -1.60. The van der Waals surface area contributed by atoms with E-state index in [1.54, 1.807) is 34.0 Å². The highest BCUT2D eigenvalue weighted by molar-refractivity contribution is 7.15. The topological polar surface area (TPSA) is 46.2 Å². The molecule has 5 rings (SSSR count). The maximum atomic E-state index is 10.1. The SMILES string of the molecule is Nc1cc2/c(s1)=c1/scc/c1=c1\cc(O)s\c1=c1/scc/c1=2. The number of anilines is 1. The van der Waals surface area contributed by atoms with Crippen LogP contribution in [0.1, 0.15) is 0 Å². The zero-order chi connectivity index (χ0) is 14.8. The molecular formula is C16H9NOS4. The van der Waals surface area contributed by atoms with E-state index < -0.39 is 0 Å². The van der Waals surface area contributed by atoms with Crippen molar-refractivity contribution in [2.75, 3.05) is 5.73 Å². The van der Waals surface area contributed by atoms with Gasteiger partial charge in [-0.3, -0.25) is 0 Å². The van der Waals surface area contributed by atoms with Gasteiger partial charge in [0, 0.05) is 26.9 Å². The number of nitrogen functional groups attached to an aromatic ring is 1. The van der Waals surface area contributed by atoms with Crippen LogP contribution in [0.2, 0.25) is 0 Å². The molecule has 0 aromatic carbocycles. The third-order valence-electron chi connectivity index (χ3n) is 3.79. The number of thiophene rings is 4. The van der Waals surface area contributed by atoms with Gasteiger partial charge in [-0.2, -0.15) is 0 Å². The normalized spacial score (nSPS) is 18.5. The zero-order valence-electron chi connectivity index (χ0n) is 11.1. The first-order valence-corrected chi connectivity index (χ1v) is 10.00. The summed E-state index contributed by atoms with van der Waals surface area (Å²) in [5.74, 6) is 0. The lowest BCUT2D eigenvalue weighted by Gasteiger charge is -1.87. The van der Waals surface area contributed by atoms with Crippen LogP contribution in [0.3, 0.4) is 0 Å². The van der Waals surface area contributed by atoms with Gasteiger partial charge >= 0.3 is 0 Å². The van der Waals surface area contributed by atoms with Gasteiger partial charge in [-0.05, 0) is 29.0 Å². The summed E-state index contributed by atoms with van der Waals surface area (Å²) in [6.07, 6.45) is 0. The lowest BCUT2D eigenvalue weighted by Crippen LogP contribution is -1.76. The summed E-state index contributed by atoms with van der Waals surface area (Å²) in [5.41, 5.74) is 6.11. The molecule has 4 heterocycles. The van der Waals surface area contributed by atoms with Crippen molar-refractivity contribution in [3.8, 4) is 5.06 Å². The molecule has 0 bridgehead atoms. The Morgan fingerprint density at radius 2 is 1.32 bits per heavy atom. The van der Waals surface area contributed by atoms with Gasteiger partial charge in [-0.15, -0.1) is 34.0 Å². The second kappa shape index (κ2) is 4.45. The number of hydrogen-bond acceptors (Lipinski definition) is 6. The summed E-state index contributed by atoms with van der Waals surface area (Å²) >= 11 is 6.55. The molecule has 0 unspecified atom stereocenters. The van der Waals surface area contributed by atoms with Crippen LogP contribution in [0.25, 0.3) is 0 Å². The van der Waals surface area contributed by atoms with Crippen molar-refractivity contribution in [3.63, 3.8) is 0 Å². The Morgan fingerprint density at radius 1 is 0.727 bits per heavy atom. The van der Waals surface area contributed by atoms with E-state index in [1.807, 2.05) is 6.07 Å². The number of fused-ring (bicyclic) bond motifs is 4. The molecule has 0 saturated carbocycles. The lowest BCUT2D eigenvalue weighted by molar-refractivity contribution is 0.490. The van der Waals surface area contributed by atoms with Crippen LogP contribution < -0.4 is 5.73 Å². The first-order chi connectivity index (χ1) is 10.7. The monoisotopic (exact) mass is 359 g/mol. The molecule has 3 N–H and O–H groups in total. The Balaban J connectivity index is 2.47. The van der Waals surface area contributed by atoms with Crippen molar-refractivity contribution < 1.29 is 5.11 Å². The zero-order valence-corrected chi connectivity index (χ0v) is 14.4. The van der Waals surface area contributed by atoms with Gasteiger partial charge < -0.3 is 10.8 Å². The highest BCUT2D eigenvalue weighted by atomic mass is 32.1. The van der Waals surface area contributed by atoms with Gasteiger partial charge in [0.05, 0.1) is 23.1 Å². The molecule has 0 atom stereocenters. The van der Waals surface area contributed by atoms with E-state index in [4.69, 9.17) is 5.73 Å². The quantitative estimate of drug-likeness (QED) is 0.422. The first-order valence-electron chi connectivity index (χ1n) is 6.61. The molecule has 4 aromatic rings. The van der Waals surface area contributed by atoms with Crippen molar-refractivity contribution in [1.82, 2.24) is 0 Å². The average molecular weight is 360 g/mol. The van der Waals surface area contributed by atoms with Gasteiger partial charge in [0.1, 0.15) is 0 Å². The Kier molecular flexibility index (Phi) is 2.61. The van der Waals surface area contributed by atoms with Crippen molar-refractivity contribution >= 4 is 50.3 Å². The van der Waals surface area contributed by atoms with Gasteiger partial charge in [0.15, 0.2) is 5.06 Å². The van der Waals surface area contributed by atoms with Crippen LogP contribution >= 0.6 is 45.3 Å². The van der Waals surface area contributed by atoms with Crippen LogP contribution in [0, 0.1) is 39.0 Å². The minimum atomic E-state index is 0.367. The third-order valence-corrected chi connectivity index (χ3v) is 7.85. The van der Waals surface area contributed by atoms with E-state index in [-0.39, 0.29) is 0 Å². The number of hydrogen-bond donors (Lipinski definition) is 2. The van der Waals surface area contributed by atoms with Crippen LogP contribution in [0.15, 0.2) is 35.0 Å². The number of nitrogens with two attached hydrogens (primary N) is 1. The summed E-state index contributed by atoms with van der Waals surface area (Å²) in [6, 6.07) is 8.26. The van der Waals surface area contributed by atoms with E-state index in [2.05, 4.69) is 29.0 Å². The summed E-state index contributed by atoms with van der Waals surface area (Å²) < 4.78 is 4.85. The van der Waals surface area contributed by atoms with Gasteiger partial charge in [-0.25, -0.2) is 0 Å². The number of aromatic hydroxyl groups is 1. The first kappa shape index (κ1) is 12.9. The fourth-order valence-electron chi connectivity index (χ4n) is 2.92. The standard InChI is InChI=1S/C16H9NOS4/c17-11-5-9-7-1-3-20-14(7)16-10(6-12(18)22-16)8-2-4-19-13(8)15(9)21-11/h1-6,18H,17H2/b9-7-,10-8-,15-13-,16-14-. The minimum absolute atomic E-state index is 0.367. The van der Waals surface area contributed by atoms with E-state index >= 15 is 0 Å². The molecule has 4 aromatic heterocycles. The molecule has 1 aliphatic carbocycles. The molecule has 0 radical (unpaired) electrons. The minimum Gasteiger partial charge on any atom is -0.499 e. The average Bonchev–Trinajstić information content (AvgIpc) is 3.20. The molecule has 22 heavy (non-hydrogen) atoms. The molecular weight excluding hydrogens is 350 g/mol. The van der Waals surface area contributed by atoms with E-state index in [9.17, 15) is 5.11 Å². The van der Waals surface area contributed by atoms with Crippen LogP contribution in [-0.4, -0.2) is 5.11 Å². The predicted molar refractivity (Wildman–Crippen MR) is 94.0 cm³/mol. The van der Waals surface area contributed by atoms with Crippen LogP contribution in [-0.2, 0) is 0 Å². The highest BCUT2D eigenvalue weighted by Crippen LogP contribution is 2.28. The van der Waals surface area contributed by atoms with Crippen molar-refractivity contribution in [1.29, 1.82) is 0 Å². The van der Waals surface area contributed by atoms with Gasteiger partial charge in [0.25, 0.3) is 0 Å². The summed E-state index contributed by atoms with van der Waals surface area (Å²) in [5, 5.41) is 20.2. The summed E-state index contributed by atoms with van der Waals surface area (Å²) in [6.45, 7) is 0. The van der Waals surface area contributed by atoms with Crippen molar-refractivity contribution in [2.45, 2.75) is 0 Å². The van der Waals surface area contributed by atoms with Gasteiger partial charge in [-0.1, -0.05) is 11.3 Å². The van der Waals surface area contributed by atoms with Crippen molar-refractivity contribution in [2.24, 2.45) is 0 Å². The third kappa shape index (κ3) is 1.63. The molecule has 2 nitrogen and oxygen atoms in total. The molecule has 0 fully saturated rings. The van der Waals surface area contributed by atoms with Crippen LogP contribution in [0.4, 0.5) is 5.00 Å². The van der Waals surface area contributed by atoms with E-state index in [1.165, 1.54) is 40.6 Å². The maximum Gasteiger partial charge on any atom is 0.172 e. The number of rotatable bonds is 0. The molecule has 0 spiro atoms. The molecule has 0 aliphatic heterocycles. The maximum absolute atomic E-state index is 10.1. The molecule has 1 aliphatic rings. The van der Waals surface area contributed by atoms with Gasteiger partial charge in [0.2, 0.25) is 0 Å².